The number of amides is 1. The highest BCUT2D eigenvalue weighted by Gasteiger charge is 2.25. The number of hydrogen-bond acceptors (Lipinski definition) is 4. The van der Waals surface area contributed by atoms with Crippen LogP contribution in [0.15, 0.2) is 35.7 Å². The molecule has 0 spiro atoms. The molecule has 0 saturated carbocycles. The van der Waals surface area contributed by atoms with Crippen molar-refractivity contribution in [3.05, 3.63) is 56.7 Å². The molecule has 3 rings (SSSR count). The Balaban J connectivity index is 1.72. The maximum Gasteiger partial charge on any atom is 0.261 e. The van der Waals surface area contributed by atoms with Gasteiger partial charge < -0.3 is 10.1 Å². The minimum atomic E-state index is -0.0340. The number of methoxy groups -OCH3 is 1. The van der Waals surface area contributed by atoms with Gasteiger partial charge in [0.15, 0.2) is 0 Å². The molecule has 1 aliphatic rings. The molecule has 0 bridgehead atoms. The maximum atomic E-state index is 12.6. The Kier molecular flexibility index (Phi) is 6.48. The van der Waals surface area contributed by atoms with E-state index >= 15 is 0 Å². The quantitative estimate of drug-likeness (QED) is 0.788. The Labute approximate surface area is 157 Å². The average molecular weight is 379 g/mol. The van der Waals surface area contributed by atoms with E-state index in [-0.39, 0.29) is 11.9 Å². The van der Waals surface area contributed by atoms with E-state index in [2.05, 4.69) is 16.3 Å². The Hall–Kier alpha value is -1.40. The van der Waals surface area contributed by atoms with Crippen LogP contribution in [0, 0.1) is 0 Å². The van der Waals surface area contributed by atoms with Crippen LogP contribution in [0.2, 0.25) is 5.02 Å². The lowest BCUT2D eigenvalue weighted by molar-refractivity contribution is 0.0937. The first-order chi connectivity index (χ1) is 12.2. The Morgan fingerprint density at radius 1 is 1.36 bits per heavy atom. The van der Waals surface area contributed by atoms with Gasteiger partial charge >= 0.3 is 0 Å². The van der Waals surface area contributed by atoms with Gasteiger partial charge in [-0.15, -0.1) is 11.3 Å². The summed E-state index contributed by atoms with van der Waals surface area (Å²) in [6.45, 7) is 3.14. The summed E-state index contributed by atoms with van der Waals surface area (Å²) in [5.41, 5.74) is 2.09. The van der Waals surface area contributed by atoms with Crippen molar-refractivity contribution in [3.63, 3.8) is 0 Å². The van der Waals surface area contributed by atoms with Gasteiger partial charge in [0.25, 0.3) is 5.91 Å². The predicted molar refractivity (Wildman–Crippen MR) is 102 cm³/mol. The normalized spacial score (nSPS) is 16.1. The van der Waals surface area contributed by atoms with Crippen molar-refractivity contribution in [1.82, 2.24) is 10.2 Å². The smallest absolute Gasteiger partial charge is 0.261 e. The highest BCUT2D eigenvalue weighted by atomic mass is 35.5. The maximum absolute atomic E-state index is 12.6. The number of rotatable bonds is 7. The molecule has 4 nitrogen and oxygen atoms in total. The first-order valence-corrected chi connectivity index (χ1v) is 9.78. The number of likely N-dealkylation sites (tertiary alicyclic amines) is 1. The van der Waals surface area contributed by atoms with Gasteiger partial charge in [-0.3, -0.25) is 9.69 Å². The van der Waals surface area contributed by atoms with Gasteiger partial charge in [0.1, 0.15) is 0 Å². The number of nitrogens with zero attached hydrogens (tertiary/aromatic N) is 1. The summed E-state index contributed by atoms with van der Waals surface area (Å²) in [4.78, 5) is 15.8. The summed E-state index contributed by atoms with van der Waals surface area (Å²) < 4.78 is 5.17. The molecule has 2 heterocycles. The molecule has 0 unspecified atom stereocenters. The fourth-order valence-corrected chi connectivity index (χ4v) is 4.32. The van der Waals surface area contributed by atoms with Crippen LogP contribution in [-0.2, 0) is 11.3 Å². The van der Waals surface area contributed by atoms with Crippen molar-refractivity contribution in [2.24, 2.45) is 0 Å². The van der Waals surface area contributed by atoms with Crippen LogP contribution in [0.3, 0.4) is 0 Å². The van der Waals surface area contributed by atoms with Gasteiger partial charge in [0, 0.05) is 24.2 Å². The van der Waals surface area contributed by atoms with E-state index < -0.39 is 0 Å². The molecule has 1 atom stereocenters. The minimum Gasteiger partial charge on any atom is -0.380 e. The number of carbonyl (C=O) groups excluding carboxylic acids is 1. The molecule has 1 saturated heterocycles. The van der Waals surface area contributed by atoms with Crippen LogP contribution >= 0.6 is 22.9 Å². The average Bonchev–Trinajstić information content (AvgIpc) is 3.27. The summed E-state index contributed by atoms with van der Waals surface area (Å²) >= 11 is 7.63. The van der Waals surface area contributed by atoms with Gasteiger partial charge in [-0.25, -0.2) is 0 Å². The summed E-state index contributed by atoms with van der Waals surface area (Å²) in [6.07, 6.45) is 2.40. The van der Waals surface area contributed by atoms with Crippen molar-refractivity contribution < 1.29 is 9.53 Å². The largest absolute Gasteiger partial charge is 0.380 e. The zero-order valence-electron chi connectivity index (χ0n) is 14.3. The van der Waals surface area contributed by atoms with Crippen molar-refractivity contribution in [2.75, 3.05) is 26.7 Å². The number of thiophene rings is 1. The molecule has 1 fully saturated rings. The molecule has 1 aliphatic heterocycles. The topological polar surface area (TPSA) is 41.6 Å². The highest BCUT2D eigenvalue weighted by Crippen LogP contribution is 2.27. The van der Waals surface area contributed by atoms with E-state index in [4.69, 9.17) is 16.3 Å². The van der Waals surface area contributed by atoms with Crippen LogP contribution in [0.5, 0.6) is 0 Å². The minimum absolute atomic E-state index is 0.0340. The van der Waals surface area contributed by atoms with Crippen LogP contribution in [0.4, 0.5) is 0 Å². The van der Waals surface area contributed by atoms with E-state index in [9.17, 15) is 4.79 Å². The lowest BCUT2D eigenvalue weighted by Gasteiger charge is -2.28. The molecule has 2 aromatic rings. The summed E-state index contributed by atoms with van der Waals surface area (Å²) in [5, 5.41) is 5.77. The third-order valence-corrected chi connectivity index (χ3v) is 5.71. The molecule has 1 aromatic heterocycles. The summed E-state index contributed by atoms with van der Waals surface area (Å²) in [6, 6.07) is 10.0. The standard InChI is InChI=1S/C19H23ClN2O2S/c1-24-13-15-7-10-25-18(15)19(23)21-12-17(22-8-2-3-9-22)14-5-4-6-16(20)11-14/h4-7,10-11,17H,2-3,8-9,12-13H2,1H3,(H,21,23)/t17-/m0/s1. The molecule has 6 heteroatoms. The van der Waals surface area contributed by atoms with Gasteiger partial charge in [-0.05, 0) is 55.1 Å². The lowest BCUT2D eigenvalue weighted by atomic mass is 10.1. The predicted octanol–water partition coefficient (Wildman–Crippen LogP) is 4.11. The van der Waals surface area contributed by atoms with Crippen LogP contribution in [0.25, 0.3) is 0 Å². The monoisotopic (exact) mass is 378 g/mol. The SMILES string of the molecule is COCc1ccsc1C(=O)NC[C@@H](c1cccc(Cl)c1)N1CCCC1. The Morgan fingerprint density at radius 3 is 2.88 bits per heavy atom. The fraction of sp³-hybridized carbons (Fsp3) is 0.421. The fourth-order valence-electron chi connectivity index (χ4n) is 3.30. The van der Waals surface area contributed by atoms with Gasteiger partial charge in [0.05, 0.1) is 17.5 Å². The molecule has 25 heavy (non-hydrogen) atoms. The van der Waals surface area contributed by atoms with Crippen LogP contribution in [0.1, 0.15) is 39.7 Å². The third-order valence-electron chi connectivity index (χ3n) is 4.52. The van der Waals surface area contributed by atoms with Gasteiger partial charge in [0.2, 0.25) is 0 Å². The molecule has 0 aliphatic carbocycles. The highest BCUT2D eigenvalue weighted by molar-refractivity contribution is 7.12. The molecule has 1 N–H and O–H groups in total. The summed E-state index contributed by atoms with van der Waals surface area (Å²) in [7, 11) is 1.64. The van der Waals surface area contributed by atoms with Crippen LogP contribution in [-0.4, -0.2) is 37.6 Å². The van der Waals surface area contributed by atoms with Crippen molar-refractivity contribution in [3.8, 4) is 0 Å². The van der Waals surface area contributed by atoms with Crippen molar-refractivity contribution in [2.45, 2.75) is 25.5 Å². The first-order valence-electron chi connectivity index (χ1n) is 8.52. The number of nitrogens with one attached hydrogen (secondary N) is 1. The Bertz CT molecular complexity index is 713. The Morgan fingerprint density at radius 2 is 2.16 bits per heavy atom. The molecular formula is C19H23ClN2O2S. The number of carbonyl (C=O) groups is 1. The zero-order chi connectivity index (χ0) is 17.6. The van der Waals surface area contributed by atoms with Gasteiger partial charge in [-0.2, -0.15) is 0 Å². The molecule has 1 aromatic carbocycles. The van der Waals surface area contributed by atoms with E-state index in [0.29, 0.717) is 13.2 Å². The van der Waals surface area contributed by atoms with E-state index in [1.165, 1.54) is 24.2 Å². The number of ether oxygens (including phenoxy) is 1. The zero-order valence-corrected chi connectivity index (χ0v) is 15.9. The molecular weight excluding hydrogens is 356 g/mol. The second-order valence-corrected chi connectivity index (χ2v) is 7.58. The third kappa shape index (κ3) is 4.61. The van der Waals surface area contributed by atoms with E-state index in [1.54, 1.807) is 7.11 Å². The molecule has 134 valence electrons. The van der Waals surface area contributed by atoms with E-state index in [1.807, 2.05) is 29.6 Å². The van der Waals surface area contributed by atoms with E-state index in [0.717, 1.165) is 34.1 Å². The molecule has 0 radical (unpaired) electrons. The number of hydrogen-bond donors (Lipinski definition) is 1. The number of halogens is 1. The van der Waals surface area contributed by atoms with Crippen molar-refractivity contribution >= 4 is 28.8 Å². The number of benzene rings is 1. The second-order valence-electron chi connectivity index (χ2n) is 6.23. The van der Waals surface area contributed by atoms with Crippen LogP contribution < -0.4 is 5.32 Å². The summed E-state index contributed by atoms with van der Waals surface area (Å²) in [5.74, 6) is -0.0340. The lowest BCUT2D eigenvalue weighted by Crippen LogP contribution is -2.36. The second kappa shape index (κ2) is 8.81. The van der Waals surface area contributed by atoms with Crippen molar-refractivity contribution in [1.29, 1.82) is 0 Å². The first kappa shape index (κ1) is 18.4. The van der Waals surface area contributed by atoms with Gasteiger partial charge in [-0.1, -0.05) is 23.7 Å². The molecule has 1 amide bonds.